The van der Waals surface area contributed by atoms with Crippen LogP contribution in [0.15, 0.2) is 44.0 Å². The van der Waals surface area contributed by atoms with Gasteiger partial charge in [-0.3, -0.25) is 10.1 Å². The van der Waals surface area contributed by atoms with Crippen LogP contribution in [0.1, 0.15) is 35.5 Å². The van der Waals surface area contributed by atoms with E-state index in [0.29, 0.717) is 10.4 Å². The Morgan fingerprint density at radius 2 is 2.00 bits per heavy atom. The number of benzene rings is 1. The van der Waals surface area contributed by atoms with Gasteiger partial charge >= 0.3 is 0 Å². The maximum Gasteiger partial charge on any atom is 0.292 e. The SMILES string of the molecule is CCc1ccc(CC)c(-c2nonc2NC(=O)c2ccc(Br)o2)c1. The number of aryl methyl sites for hydroxylation is 2. The lowest BCUT2D eigenvalue weighted by atomic mass is 9.98. The average molecular weight is 390 g/mol. The molecular formula is C17H16BrN3O3. The molecule has 0 aliphatic rings. The molecule has 2 heterocycles. The second kappa shape index (κ2) is 7.00. The van der Waals surface area contributed by atoms with E-state index in [4.69, 9.17) is 9.05 Å². The summed E-state index contributed by atoms with van der Waals surface area (Å²) in [5.41, 5.74) is 3.71. The minimum atomic E-state index is -0.414. The third-order valence-electron chi connectivity index (χ3n) is 3.74. The largest absolute Gasteiger partial charge is 0.444 e. The summed E-state index contributed by atoms with van der Waals surface area (Å²) in [5.74, 6) is 0.0340. The smallest absolute Gasteiger partial charge is 0.292 e. The fraction of sp³-hybridized carbons (Fsp3) is 0.235. The standard InChI is InChI=1S/C17H16BrN3O3/c1-3-10-5-6-11(4-2)12(9-10)15-16(21-24-20-15)19-17(22)13-7-8-14(18)23-13/h5-9H,3-4H2,1-2H3,(H,19,21,22). The summed E-state index contributed by atoms with van der Waals surface area (Å²) in [6.45, 7) is 4.15. The predicted octanol–water partition coefficient (Wildman–Crippen LogP) is 4.47. The summed E-state index contributed by atoms with van der Waals surface area (Å²) in [6.07, 6.45) is 1.75. The Bertz CT molecular complexity index is 870. The molecule has 0 radical (unpaired) electrons. The number of hydrogen-bond donors (Lipinski definition) is 1. The summed E-state index contributed by atoms with van der Waals surface area (Å²) < 4.78 is 10.6. The summed E-state index contributed by atoms with van der Waals surface area (Å²) >= 11 is 3.17. The van der Waals surface area contributed by atoms with Crippen molar-refractivity contribution in [3.8, 4) is 11.3 Å². The summed E-state index contributed by atoms with van der Waals surface area (Å²) in [6, 6.07) is 9.43. The average Bonchev–Trinajstić information content (AvgIpc) is 3.23. The molecule has 0 aliphatic carbocycles. The van der Waals surface area contributed by atoms with E-state index in [1.807, 2.05) is 0 Å². The molecule has 3 rings (SSSR count). The van der Waals surface area contributed by atoms with Gasteiger partial charge in [-0.2, -0.15) is 0 Å². The molecule has 24 heavy (non-hydrogen) atoms. The van der Waals surface area contributed by atoms with Gasteiger partial charge in [0, 0.05) is 5.56 Å². The zero-order valence-corrected chi connectivity index (χ0v) is 14.9. The Hall–Kier alpha value is -2.41. The number of halogens is 1. The van der Waals surface area contributed by atoms with E-state index >= 15 is 0 Å². The highest BCUT2D eigenvalue weighted by Crippen LogP contribution is 2.30. The van der Waals surface area contributed by atoms with E-state index in [9.17, 15) is 4.79 Å². The van der Waals surface area contributed by atoms with E-state index < -0.39 is 5.91 Å². The number of hydrogen-bond acceptors (Lipinski definition) is 5. The Labute approximate surface area is 147 Å². The molecule has 0 saturated carbocycles. The molecule has 3 aromatic rings. The van der Waals surface area contributed by atoms with Crippen molar-refractivity contribution in [2.45, 2.75) is 26.7 Å². The second-order valence-electron chi connectivity index (χ2n) is 5.22. The number of nitrogens with zero attached hydrogens (tertiary/aromatic N) is 2. The van der Waals surface area contributed by atoms with Gasteiger partial charge in [-0.1, -0.05) is 26.0 Å². The summed E-state index contributed by atoms with van der Waals surface area (Å²) in [4.78, 5) is 12.3. The van der Waals surface area contributed by atoms with Crippen molar-refractivity contribution in [1.29, 1.82) is 0 Å². The molecular weight excluding hydrogens is 374 g/mol. The van der Waals surface area contributed by atoms with Crippen molar-refractivity contribution < 1.29 is 13.8 Å². The van der Waals surface area contributed by atoms with Crippen molar-refractivity contribution in [3.05, 3.63) is 51.9 Å². The van der Waals surface area contributed by atoms with Crippen molar-refractivity contribution in [2.24, 2.45) is 0 Å². The van der Waals surface area contributed by atoms with Gasteiger partial charge in [-0.25, -0.2) is 4.63 Å². The number of aromatic nitrogens is 2. The molecule has 1 amide bonds. The van der Waals surface area contributed by atoms with Gasteiger partial charge < -0.3 is 4.42 Å². The highest BCUT2D eigenvalue weighted by molar-refractivity contribution is 9.10. The quantitative estimate of drug-likeness (QED) is 0.695. The summed E-state index contributed by atoms with van der Waals surface area (Å²) in [5, 5.41) is 10.5. The third kappa shape index (κ3) is 3.26. The van der Waals surface area contributed by atoms with Crippen molar-refractivity contribution in [1.82, 2.24) is 10.3 Å². The van der Waals surface area contributed by atoms with E-state index in [1.165, 1.54) is 5.56 Å². The first-order chi connectivity index (χ1) is 11.6. The lowest BCUT2D eigenvalue weighted by molar-refractivity contribution is 0.0994. The van der Waals surface area contributed by atoms with E-state index in [-0.39, 0.29) is 11.6 Å². The van der Waals surface area contributed by atoms with Gasteiger partial charge in [0.15, 0.2) is 16.1 Å². The Kier molecular flexibility index (Phi) is 4.80. The number of furan rings is 1. The number of amides is 1. The zero-order valence-electron chi connectivity index (χ0n) is 13.3. The Morgan fingerprint density at radius 3 is 2.67 bits per heavy atom. The third-order valence-corrected chi connectivity index (χ3v) is 4.16. The number of carbonyl (C=O) groups is 1. The maximum absolute atomic E-state index is 12.3. The number of anilines is 1. The first-order valence-electron chi connectivity index (χ1n) is 7.63. The molecule has 0 fully saturated rings. The van der Waals surface area contributed by atoms with Gasteiger partial charge in [0.2, 0.25) is 5.82 Å². The molecule has 124 valence electrons. The highest BCUT2D eigenvalue weighted by Gasteiger charge is 2.20. The number of carbonyl (C=O) groups excluding carboxylic acids is 1. The van der Waals surface area contributed by atoms with Crippen molar-refractivity contribution >= 4 is 27.7 Å². The van der Waals surface area contributed by atoms with Crippen LogP contribution in [0.4, 0.5) is 5.82 Å². The van der Waals surface area contributed by atoms with Crippen LogP contribution in [0.3, 0.4) is 0 Å². The van der Waals surface area contributed by atoms with Crippen molar-refractivity contribution in [3.63, 3.8) is 0 Å². The van der Waals surface area contributed by atoms with Crippen LogP contribution in [0.2, 0.25) is 0 Å². The van der Waals surface area contributed by atoms with E-state index in [1.54, 1.807) is 12.1 Å². The van der Waals surface area contributed by atoms with Crippen LogP contribution in [0, 0.1) is 0 Å². The second-order valence-corrected chi connectivity index (χ2v) is 6.00. The molecule has 0 bridgehead atoms. The molecule has 0 spiro atoms. The van der Waals surface area contributed by atoms with Crippen LogP contribution < -0.4 is 5.32 Å². The van der Waals surface area contributed by atoms with Gasteiger partial charge in [-0.05, 0) is 68.4 Å². The normalized spacial score (nSPS) is 10.8. The maximum atomic E-state index is 12.3. The lowest BCUT2D eigenvalue weighted by Crippen LogP contribution is -2.12. The van der Waals surface area contributed by atoms with Crippen LogP contribution in [-0.4, -0.2) is 16.2 Å². The number of rotatable bonds is 5. The van der Waals surface area contributed by atoms with Gasteiger partial charge in [0.1, 0.15) is 0 Å². The molecule has 1 aromatic carbocycles. The van der Waals surface area contributed by atoms with Gasteiger partial charge in [0.05, 0.1) is 0 Å². The molecule has 0 saturated heterocycles. The first-order valence-corrected chi connectivity index (χ1v) is 8.43. The topological polar surface area (TPSA) is 81.2 Å². The fourth-order valence-electron chi connectivity index (χ4n) is 2.43. The minimum absolute atomic E-state index is 0.175. The van der Waals surface area contributed by atoms with Crippen LogP contribution in [0.25, 0.3) is 11.3 Å². The molecule has 0 aliphatic heterocycles. The van der Waals surface area contributed by atoms with Crippen LogP contribution in [0.5, 0.6) is 0 Å². The Morgan fingerprint density at radius 1 is 1.17 bits per heavy atom. The van der Waals surface area contributed by atoms with Crippen molar-refractivity contribution in [2.75, 3.05) is 5.32 Å². The summed E-state index contributed by atoms with van der Waals surface area (Å²) in [7, 11) is 0. The molecule has 7 heteroatoms. The molecule has 2 aromatic heterocycles. The molecule has 0 unspecified atom stereocenters. The van der Waals surface area contributed by atoms with Crippen LogP contribution >= 0.6 is 15.9 Å². The van der Waals surface area contributed by atoms with Gasteiger partial charge in [0.25, 0.3) is 5.91 Å². The first kappa shape index (κ1) is 16.4. The fourth-order valence-corrected chi connectivity index (χ4v) is 2.73. The van der Waals surface area contributed by atoms with Gasteiger partial charge in [-0.15, -0.1) is 0 Å². The monoisotopic (exact) mass is 389 g/mol. The molecule has 1 N–H and O–H groups in total. The minimum Gasteiger partial charge on any atom is -0.444 e. The number of nitrogens with one attached hydrogen (secondary N) is 1. The molecule has 0 atom stereocenters. The van der Waals surface area contributed by atoms with Crippen LogP contribution in [-0.2, 0) is 12.8 Å². The molecule has 6 nitrogen and oxygen atoms in total. The Balaban J connectivity index is 1.94. The van der Waals surface area contributed by atoms with E-state index in [0.717, 1.165) is 24.0 Å². The zero-order chi connectivity index (χ0) is 17.1. The predicted molar refractivity (Wildman–Crippen MR) is 92.9 cm³/mol. The highest BCUT2D eigenvalue weighted by atomic mass is 79.9. The lowest BCUT2D eigenvalue weighted by Gasteiger charge is -2.08. The van der Waals surface area contributed by atoms with E-state index in [2.05, 4.69) is 63.6 Å².